The molecule has 1 aliphatic rings. The van der Waals surface area contributed by atoms with E-state index in [2.05, 4.69) is 26.1 Å². The Morgan fingerprint density at radius 1 is 1.04 bits per heavy atom. The van der Waals surface area contributed by atoms with Crippen molar-refractivity contribution in [2.75, 3.05) is 0 Å². The summed E-state index contributed by atoms with van der Waals surface area (Å²) < 4.78 is 4.20. The molecule has 3 heterocycles. The number of hydrogen-bond donors (Lipinski definition) is 0. The van der Waals surface area contributed by atoms with Crippen LogP contribution < -0.4 is 0 Å². The molecule has 25 heavy (non-hydrogen) atoms. The van der Waals surface area contributed by atoms with Gasteiger partial charge in [0.15, 0.2) is 5.65 Å². The van der Waals surface area contributed by atoms with Gasteiger partial charge in [0.05, 0.1) is 16.6 Å². The Balaban J connectivity index is 2.04. The molecule has 0 unspecified atom stereocenters. The van der Waals surface area contributed by atoms with Crippen molar-refractivity contribution in [3.63, 3.8) is 0 Å². The molecule has 0 saturated carbocycles. The quantitative estimate of drug-likeness (QED) is 0.499. The summed E-state index contributed by atoms with van der Waals surface area (Å²) in [6.07, 6.45) is 11.0. The number of para-hydroxylation sites is 2. The van der Waals surface area contributed by atoms with Crippen LogP contribution in [-0.2, 0) is 12.8 Å². The fourth-order valence-corrected chi connectivity index (χ4v) is 4.06. The van der Waals surface area contributed by atoms with Crippen LogP contribution in [0.4, 0.5) is 0 Å². The summed E-state index contributed by atoms with van der Waals surface area (Å²) in [7, 11) is 0. The number of nitrogens with zero attached hydrogens (tertiary/aromatic N) is 5. The number of imidazole rings is 2. The summed E-state index contributed by atoms with van der Waals surface area (Å²) in [5.74, 6) is 1.08. The zero-order valence-electron chi connectivity index (χ0n) is 13.8. The number of hydrogen-bond acceptors (Lipinski definition) is 3. The molecule has 0 spiro atoms. The van der Waals surface area contributed by atoms with Gasteiger partial charge in [-0.25, -0.2) is 9.97 Å². The lowest BCUT2D eigenvalue weighted by Gasteiger charge is -2.18. The fraction of sp³-hybridized carbons (Fsp3) is 0.250. The molecule has 0 amide bonds. The molecule has 122 valence electrons. The molecule has 3 aromatic heterocycles. The van der Waals surface area contributed by atoms with Gasteiger partial charge in [-0.15, -0.1) is 0 Å². The lowest BCUT2D eigenvalue weighted by atomic mass is 9.98. The van der Waals surface area contributed by atoms with Crippen LogP contribution in [0.1, 0.15) is 36.0 Å². The lowest BCUT2D eigenvalue weighted by Crippen LogP contribution is -2.11. The molecule has 1 aromatic carbocycles. The standard InChI is InChI=1S/C20H17N5/c21-12-16-14-6-2-1-3-7-15(14)20(24-11-10-22-13-24)25-18-9-5-4-8-17(18)23-19(16)25/h4-5,8-11,13H,1-3,6-7H2. The third kappa shape index (κ3) is 2.01. The lowest BCUT2D eigenvalue weighted by molar-refractivity contribution is 0.710. The Hall–Kier alpha value is -3.13. The van der Waals surface area contributed by atoms with E-state index in [9.17, 15) is 5.26 Å². The van der Waals surface area contributed by atoms with Gasteiger partial charge in [-0.2, -0.15) is 5.26 Å². The molecule has 5 rings (SSSR count). The van der Waals surface area contributed by atoms with Crippen molar-refractivity contribution in [2.45, 2.75) is 32.1 Å². The molecular formula is C20H17N5. The van der Waals surface area contributed by atoms with Crippen LogP contribution >= 0.6 is 0 Å². The number of aromatic nitrogens is 4. The van der Waals surface area contributed by atoms with Gasteiger partial charge in [0.25, 0.3) is 0 Å². The average Bonchev–Trinajstić information content (AvgIpc) is 3.22. The van der Waals surface area contributed by atoms with Crippen LogP contribution in [-0.4, -0.2) is 18.9 Å². The van der Waals surface area contributed by atoms with Crippen LogP contribution in [0.25, 0.3) is 22.5 Å². The number of nitriles is 1. The molecule has 0 N–H and O–H groups in total. The van der Waals surface area contributed by atoms with Crippen molar-refractivity contribution in [1.29, 1.82) is 5.26 Å². The molecule has 0 saturated heterocycles. The number of rotatable bonds is 1. The molecule has 5 heteroatoms. The van der Waals surface area contributed by atoms with Gasteiger partial charge in [-0.1, -0.05) is 18.6 Å². The van der Waals surface area contributed by atoms with E-state index in [0.717, 1.165) is 53.7 Å². The largest absolute Gasteiger partial charge is 0.291 e. The highest BCUT2D eigenvalue weighted by atomic mass is 15.2. The topological polar surface area (TPSA) is 58.9 Å². The molecule has 1 aliphatic carbocycles. The van der Waals surface area contributed by atoms with Gasteiger partial charge >= 0.3 is 0 Å². The first-order valence-electron chi connectivity index (χ1n) is 8.72. The first-order valence-corrected chi connectivity index (χ1v) is 8.72. The second kappa shape index (κ2) is 5.45. The minimum Gasteiger partial charge on any atom is -0.291 e. The normalized spacial score (nSPS) is 14.4. The van der Waals surface area contributed by atoms with Gasteiger partial charge in [-0.05, 0) is 48.9 Å². The average molecular weight is 327 g/mol. The van der Waals surface area contributed by atoms with Crippen LogP contribution in [0.2, 0.25) is 0 Å². The Morgan fingerprint density at radius 2 is 1.88 bits per heavy atom. The van der Waals surface area contributed by atoms with Gasteiger partial charge in [0.1, 0.15) is 18.2 Å². The van der Waals surface area contributed by atoms with E-state index in [1.807, 2.05) is 30.7 Å². The number of pyridine rings is 1. The minimum absolute atomic E-state index is 0.733. The molecule has 0 radical (unpaired) electrons. The zero-order valence-corrected chi connectivity index (χ0v) is 13.8. The van der Waals surface area contributed by atoms with Crippen LogP contribution in [0.5, 0.6) is 0 Å². The highest BCUT2D eigenvalue weighted by Gasteiger charge is 2.24. The summed E-state index contributed by atoms with van der Waals surface area (Å²) in [4.78, 5) is 9.05. The van der Waals surface area contributed by atoms with E-state index in [1.165, 1.54) is 17.5 Å². The predicted molar refractivity (Wildman–Crippen MR) is 95.8 cm³/mol. The Kier molecular flexibility index (Phi) is 3.10. The van der Waals surface area contributed by atoms with Gasteiger partial charge in [0, 0.05) is 12.4 Å². The first kappa shape index (κ1) is 14.2. The number of fused-ring (bicyclic) bond motifs is 4. The minimum atomic E-state index is 0.733. The van der Waals surface area contributed by atoms with Crippen LogP contribution in [0.3, 0.4) is 0 Å². The first-order chi connectivity index (χ1) is 12.4. The molecular weight excluding hydrogens is 310 g/mol. The zero-order chi connectivity index (χ0) is 16.8. The van der Waals surface area contributed by atoms with Crippen molar-refractivity contribution in [1.82, 2.24) is 18.9 Å². The Morgan fingerprint density at radius 3 is 2.68 bits per heavy atom. The molecule has 0 bridgehead atoms. The van der Waals surface area contributed by atoms with Crippen LogP contribution in [0.15, 0.2) is 43.0 Å². The third-order valence-electron chi connectivity index (χ3n) is 5.15. The maximum absolute atomic E-state index is 9.91. The highest BCUT2D eigenvalue weighted by molar-refractivity contribution is 5.85. The summed E-state index contributed by atoms with van der Waals surface area (Å²) in [5.41, 5.74) is 5.88. The second-order valence-corrected chi connectivity index (χ2v) is 6.56. The second-order valence-electron chi connectivity index (χ2n) is 6.56. The van der Waals surface area contributed by atoms with Crippen molar-refractivity contribution in [3.05, 3.63) is 59.7 Å². The summed E-state index contributed by atoms with van der Waals surface area (Å²) >= 11 is 0. The van der Waals surface area contributed by atoms with E-state index in [4.69, 9.17) is 4.98 Å². The number of benzene rings is 1. The van der Waals surface area contributed by atoms with Crippen molar-refractivity contribution in [3.8, 4) is 11.9 Å². The summed E-state index contributed by atoms with van der Waals surface area (Å²) in [6.45, 7) is 0. The third-order valence-corrected chi connectivity index (χ3v) is 5.15. The van der Waals surface area contributed by atoms with Crippen molar-refractivity contribution < 1.29 is 0 Å². The van der Waals surface area contributed by atoms with Gasteiger partial charge in [-0.3, -0.25) is 8.97 Å². The molecule has 0 fully saturated rings. The molecule has 5 nitrogen and oxygen atoms in total. The molecule has 4 aromatic rings. The van der Waals surface area contributed by atoms with E-state index in [0.29, 0.717) is 0 Å². The van der Waals surface area contributed by atoms with Gasteiger partial charge < -0.3 is 0 Å². The van der Waals surface area contributed by atoms with E-state index < -0.39 is 0 Å². The summed E-state index contributed by atoms with van der Waals surface area (Å²) in [5, 5.41) is 9.91. The molecule has 0 aliphatic heterocycles. The van der Waals surface area contributed by atoms with Crippen LogP contribution in [0, 0.1) is 11.3 Å². The van der Waals surface area contributed by atoms with Crippen molar-refractivity contribution >= 4 is 16.7 Å². The van der Waals surface area contributed by atoms with E-state index in [-0.39, 0.29) is 0 Å². The van der Waals surface area contributed by atoms with E-state index in [1.54, 1.807) is 6.20 Å². The SMILES string of the molecule is N#Cc1c2c(c(-n3ccnc3)n3c1nc1ccccc13)CCCCC2. The monoisotopic (exact) mass is 327 g/mol. The molecule has 0 atom stereocenters. The van der Waals surface area contributed by atoms with E-state index >= 15 is 0 Å². The highest BCUT2D eigenvalue weighted by Crippen LogP contribution is 2.33. The fourth-order valence-electron chi connectivity index (χ4n) is 4.06. The Bertz CT molecular complexity index is 1130. The smallest absolute Gasteiger partial charge is 0.157 e. The van der Waals surface area contributed by atoms with Gasteiger partial charge in [0.2, 0.25) is 0 Å². The maximum Gasteiger partial charge on any atom is 0.157 e. The predicted octanol–water partition coefficient (Wildman–Crippen LogP) is 3.81. The summed E-state index contributed by atoms with van der Waals surface area (Å²) in [6, 6.07) is 10.5. The Labute approximate surface area is 145 Å². The maximum atomic E-state index is 9.91. The van der Waals surface area contributed by atoms with Crippen molar-refractivity contribution in [2.24, 2.45) is 0 Å².